The topological polar surface area (TPSA) is 110 Å². The van der Waals surface area contributed by atoms with Crippen molar-refractivity contribution in [2.75, 3.05) is 16.4 Å². The van der Waals surface area contributed by atoms with Gasteiger partial charge in [0.25, 0.3) is 5.91 Å². The Morgan fingerprint density at radius 1 is 1.33 bits per heavy atom. The van der Waals surface area contributed by atoms with E-state index in [-0.39, 0.29) is 11.6 Å². The Labute approximate surface area is 142 Å². The second-order valence-electron chi connectivity index (χ2n) is 5.60. The predicted octanol–water partition coefficient (Wildman–Crippen LogP) is 2.19. The Kier molecular flexibility index (Phi) is 3.46. The standard InChI is InChI=1S/C15H14ClN7O/c16-12-5-9(3-4-18-12)21-15(24)11-7-19-14-10(20-8-1-2-8)6-13(17)22-23(11)14/h3-8,20H,1-2H2,(H2,17,22)(H,18,21,24). The van der Waals surface area contributed by atoms with Gasteiger partial charge in [-0.1, -0.05) is 11.6 Å². The molecule has 4 N–H and O–H groups in total. The van der Waals surface area contributed by atoms with Crippen molar-refractivity contribution < 1.29 is 4.79 Å². The number of fused-ring (bicyclic) bond motifs is 1. The van der Waals surface area contributed by atoms with Crippen LogP contribution in [0, 0.1) is 0 Å². The van der Waals surface area contributed by atoms with Gasteiger partial charge in [0.2, 0.25) is 0 Å². The van der Waals surface area contributed by atoms with Gasteiger partial charge in [-0.05, 0) is 25.0 Å². The first-order chi connectivity index (χ1) is 11.6. The maximum atomic E-state index is 12.5. The largest absolute Gasteiger partial charge is 0.382 e. The van der Waals surface area contributed by atoms with E-state index in [9.17, 15) is 4.79 Å². The highest BCUT2D eigenvalue weighted by molar-refractivity contribution is 6.29. The van der Waals surface area contributed by atoms with Gasteiger partial charge < -0.3 is 16.4 Å². The Balaban J connectivity index is 1.68. The number of anilines is 3. The SMILES string of the molecule is Nc1cc(NC2CC2)c2ncc(C(=O)Nc3ccnc(Cl)c3)n2n1. The number of amides is 1. The molecule has 0 spiro atoms. The van der Waals surface area contributed by atoms with E-state index >= 15 is 0 Å². The molecular formula is C15H14ClN7O. The summed E-state index contributed by atoms with van der Waals surface area (Å²) < 4.78 is 1.44. The minimum Gasteiger partial charge on any atom is -0.382 e. The van der Waals surface area contributed by atoms with Gasteiger partial charge in [0, 0.05) is 24.0 Å². The van der Waals surface area contributed by atoms with Crippen molar-refractivity contribution >= 4 is 40.3 Å². The molecule has 0 aliphatic heterocycles. The van der Waals surface area contributed by atoms with E-state index in [1.807, 2.05) is 0 Å². The molecule has 0 bridgehead atoms. The number of hydrogen-bond donors (Lipinski definition) is 3. The number of nitrogens with two attached hydrogens (primary N) is 1. The van der Waals surface area contributed by atoms with Gasteiger partial charge >= 0.3 is 0 Å². The van der Waals surface area contributed by atoms with Crippen LogP contribution in [0.25, 0.3) is 5.65 Å². The lowest BCUT2D eigenvalue weighted by Gasteiger charge is -2.08. The Morgan fingerprint density at radius 3 is 2.92 bits per heavy atom. The third-order valence-electron chi connectivity index (χ3n) is 3.64. The van der Waals surface area contributed by atoms with Gasteiger partial charge in [-0.25, -0.2) is 14.5 Å². The predicted molar refractivity (Wildman–Crippen MR) is 91.2 cm³/mol. The van der Waals surface area contributed by atoms with Crippen molar-refractivity contribution in [3.63, 3.8) is 0 Å². The molecule has 0 aromatic carbocycles. The number of halogens is 1. The van der Waals surface area contributed by atoms with Crippen molar-refractivity contribution in [2.45, 2.75) is 18.9 Å². The first-order valence-electron chi connectivity index (χ1n) is 7.44. The average molecular weight is 344 g/mol. The number of hydrogen-bond acceptors (Lipinski definition) is 6. The number of aromatic nitrogens is 4. The van der Waals surface area contributed by atoms with E-state index in [1.54, 1.807) is 18.2 Å². The second-order valence-corrected chi connectivity index (χ2v) is 5.99. The van der Waals surface area contributed by atoms with Crippen LogP contribution in [0.3, 0.4) is 0 Å². The Morgan fingerprint density at radius 2 is 2.17 bits per heavy atom. The summed E-state index contributed by atoms with van der Waals surface area (Å²) in [5, 5.41) is 10.6. The highest BCUT2D eigenvalue weighted by Crippen LogP contribution is 2.28. The zero-order chi connectivity index (χ0) is 16.7. The van der Waals surface area contributed by atoms with Gasteiger partial charge in [-0.3, -0.25) is 4.79 Å². The fraction of sp³-hybridized carbons (Fsp3) is 0.200. The van der Waals surface area contributed by atoms with Crippen LogP contribution in [-0.4, -0.2) is 31.5 Å². The van der Waals surface area contributed by atoms with Gasteiger partial charge in [-0.2, -0.15) is 0 Å². The molecule has 3 aromatic rings. The molecule has 0 radical (unpaired) electrons. The molecule has 0 saturated heterocycles. The molecular weight excluding hydrogens is 330 g/mol. The van der Waals surface area contributed by atoms with Crippen molar-refractivity contribution in [3.8, 4) is 0 Å². The van der Waals surface area contributed by atoms with E-state index in [0.29, 0.717) is 28.3 Å². The molecule has 8 nitrogen and oxygen atoms in total. The number of nitrogens with zero attached hydrogens (tertiary/aromatic N) is 4. The molecule has 1 amide bonds. The third kappa shape index (κ3) is 2.83. The normalized spacial score (nSPS) is 13.9. The molecule has 3 aromatic heterocycles. The van der Waals surface area contributed by atoms with Gasteiger partial charge in [-0.15, -0.1) is 5.10 Å². The van der Waals surface area contributed by atoms with Crippen LogP contribution in [0.2, 0.25) is 5.15 Å². The quantitative estimate of drug-likeness (QED) is 0.626. The highest BCUT2D eigenvalue weighted by Gasteiger charge is 2.23. The summed E-state index contributed by atoms with van der Waals surface area (Å²) in [6.07, 6.45) is 5.22. The van der Waals surface area contributed by atoms with Crippen LogP contribution in [0.1, 0.15) is 23.3 Å². The number of nitrogen functional groups attached to an aromatic ring is 1. The molecule has 9 heteroatoms. The van der Waals surface area contributed by atoms with Crippen LogP contribution >= 0.6 is 11.6 Å². The molecule has 3 heterocycles. The van der Waals surface area contributed by atoms with Crippen LogP contribution in [0.4, 0.5) is 17.2 Å². The van der Waals surface area contributed by atoms with Crippen LogP contribution in [0.15, 0.2) is 30.6 Å². The number of imidazole rings is 1. The summed E-state index contributed by atoms with van der Waals surface area (Å²) in [5.74, 6) is -0.0510. The number of carbonyl (C=O) groups excluding carboxylic acids is 1. The maximum absolute atomic E-state index is 12.5. The number of rotatable bonds is 4. The molecule has 1 aliphatic carbocycles. The lowest BCUT2D eigenvalue weighted by atomic mass is 10.3. The fourth-order valence-electron chi connectivity index (χ4n) is 2.37. The van der Waals surface area contributed by atoms with E-state index in [0.717, 1.165) is 18.5 Å². The molecule has 0 unspecified atom stereocenters. The summed E-state index contributed by atoms with van der Waals surface area (Å²) in [6, 6.07) is 5.37. The number of nitrogens with one attached hydrogen (secondary N) is 2. The number of pyridine rings is 1. The lowest BCUT2D eigenvalue weighted by Crippen LogP contribution is -2.16. The summed E-state index contributed by atoms with van der Waals surface area (Å²) in [7, 11) is 0. The number of carbonyl (C=O) groups is 1. The molecule has 1 fully saturated rings. The van der Waals surface area contributed by atoms with Crippen molar-refractivity contribution in [3.05, 3.63) is 41.4 Å². The Bertz CT molecular complexity index is 935. The van der Waals surface area contributed by atoms with Gasteiger partial charge in [0.15, 0.2) is 11.3 Å². The summed E-state index contributed by atoms with van der Waals surface area (Å²) >= 11 is 5.83. The molecule has 4 rings (SSSR count). The average Bonchev–Trinajstić information content (AvgIpc) is 3.23. The van der Waals surface area contributed by atoms with E-state index < -0.39 is 0 Å². The molecule has 24 heavy (non-hydrogen) atoms. The molecule has 1 saturated carbocycles. The van der Waals surface area contributed by atoms with Crippen LogP contribution < -0.4 is 16.4 Å². The van der Waals surface area contributed by atoms with Crippen LogP contribution in [0.5, 0.6) is 0 Å². The van der Waals surface area contributed by atoms with Crippen molar-refractivity contribution in [2.24, 2.45) is 0 Å². The fourth-order valence-corrected chi connectivity index (χ4v) is 2.55. The third-order valence-corrected chi connectivity index (χ3v) is 3.85. The zero-order valence-electron chi connectivity index (χ0n) is 12.5. The minimum absolute atomic E-state index is 0.282. The second kappa shape index (κ2) is 5.64. The maximum Gasteiger partial charge on any atom is 0.276 e. The molecule has 122 valence electrons. The first-order valence-corrected chi connectivity index (χ1v) is 7.81. The minimum atomic E-state index is -0.361. The smallest absolute Gasteiger partial charge is 0.276 e. The monoisotopic (exact) mass is 343 g/mol. The van der Waals surface area contributed by atoms with Crippen molar-refractivity contribution in [1.29, 1.82) is 0 Å². The summed E-state index contributed by atoms with van der Waals surface area (Å²) in [4.78, 5) is 20.7. The van der Waals surface area contributed by atoms with Crippen LogP contribution in [-0.2, 0) is 0 Å². The zero-order valence-corrected chi connectivity index (χ0v) is 13.3. The Hall–Kier alpha value is -2.87. The van der Waals surface area contributed by atoms with Gasteiger partial charge in [0.1, 0.15) is 11.0 Å². The summed E-state index contributed by atoms with van der Waals surface area (Å²) in [6.45, 7) is 0. The van der Waals surface area contributed by atoms with Crippen molar-refractivity contribution in [1.82, 2.24) is 19.6 Å². The highest BCUT2D eigenvalue weighted by atomic mass is 35.5. The first kappa shape index (κ1) is 14.7. The van der Waals surface area contributed by atoms with E-state index in [1.165, 1.54) is 16.9 Å². The lowest BCUT2D eigenvalue weighted by molar-refractivity contribution is 0.102. The van der Waals surface area contributed by atoms with E-state index in [4.69, 9.17) is 17.3 Å². The van der Waals surface area contributed by atoms with E-state index in [2.05, 4.69) is 25.7 Å². The molecule has 1 aliphatic rings. The van der Waals surface area contributed by atoms with Gasteiger partial charge in [0.05, 0.1) is 11.9 Å². The molecule has 0 atom stereocenters. The summed E-state index contributed by atoms with van der Waals surface area (Å²) in [5.41, 5.74) is 8.02.